The summed E-state index contributed by atoms with van der Waals surface area (Å²) in [7, 11) is 0. The molecule has 1 aliphatic heterocycles. The number of nitrogens with zero attached hydrogens (tertiary/aromatic N) is 4. The van der Waals surface area contributed by atoms with Gasteiger partial charge in [-0.15, -0.1) is 0 Å². The second-order valence-corrected chi connectivity index (χ2v) is 10.9. The Bertz CT molecular complexity index is 1520. The Labute approximate surface area is 249 Å². The smallest absolute Gasteiger partial charge is 0.270 e. The van der Waals surface area contributed by atoms with Crippen LogP contribution in [0, 0.1) is 0 Å². The maximum Gasteiger partial charge on any atom is 0.270 e. The van der Waals surface area contributed by atoms with Crippen LogP contribution in [0.2, 0.25) is 10.0 Å². The molecule has 1 saturated heterocycles. The minimum Gasteiger partial charge on any atom is -0.368 e. The molecule has 0 saturated carbocycles. The molecule has 214 valence electrons. The number of aryl methyl sites for hydroxylation is 1. The van der Waals surface area contributed by atoms with Crippen LogP contribution >= 0.6 is 23.2 Å². The van der Waals surface area contributed by atoms with E-state index in [1.165, 1.54) is 6.92 Å². The van der Waals surface area contributed by atoms with E-state index in [2.05, 4.69) is 20.5 Å². The van der Waals surface area contributed by atoms with E-state index in [0.717, 1.165) is 49.0 Å². The molecule has 0 spiro atoms. The summed E-state index contributed by atoms with van der Waals surface area (Å²) in [6.45, 7) is 6.30. The SMILES string of the molecule is CC(=O)NCCNc1nc(-c2ccccc2)nc2[nH]c(C(=O)N3CCN(CCCc4ccc(Cl)cc4Cl)CC3)cc12. The highest BCUT2D eigenvalue weighted by atomic mass is 35.5. The molecule has 4 aromatic rings. The van der Waals surface area contributed by atoms with Crippen molar-refractivity contribution in [2.75, 3.05) is 51.1 Å². The summed E-state index contributed by atoms with van der Waals surface area (Å²) in [6.07, 6.45) is 1.87. The predicted molar refractivity (Wildman–Crippen MR) is 164 cm³/mol. The molecule has 2 aromatic carbocycles. The summed E-state index contributed by atoms with van der Waals surface area (Å²) < 4.78 is 0. The van der Waals surface area contributed by atoms with E-state index < -0.39 is 0 Å². The van der Waals surface area contributed by atoms with Crippen molar-refractivity contribution < 1.29 is 9.59 Å². The fourth-order valence-corrected chi connectivity index (χ4v) is 5.46. The zero-order valence-corrected chi connectivity index (χ0v) is 24.4. The van der Waals surface area contributed by atoms with Crippen LogP contribution in [-0.4, -0.2) is 82.4 Å². The Morgan fingerprint density at radius 1 is 0.976 bits per heavy atom. The van der Waals surface area contributed by atoms with Crippen molar-refractivity contribution in [3.05, 3.63) is 75.9 Å². The maximum atomic E-state index is 13.5. The van der Waals surface area contributed by atoms with Crippen molar-refractivity contribution in [2.45, 2.75) is 19.8 Å². The average molecular weight is 595 g/mol. The summed E-state index contributed by atoms with van der Waals surface area (Å²) >= 11 is 12.3. The molecule has 3 N–H and O–H groups in total. The molecule has 0 unspecified atom stereocenters. The molecule has 5 rings (SSSR count). The average Bonchev–Trinajstić information content (AvgIpc) is 3.41. The van der Waals surface area contributed by atoms with Gasteiger partial charge in [-0.1, -0.05) is 59.6 Å². The lowest BCUT2D eigenvalue weighted by Crippen LogP contribution is -2.49. The third-order valence-corrected chi connectivity index (χ3v) is 7.72. The molecule has 3 heterocycles. The normalized spacial score (nSPS) is 13.9. The van der Waals surface area contributed by atoms with Gasteiger partial charge in [-0.2, -0.15) is 0 Å². The summed E-state index contributed by atoms with van der Waals surface area (Å²) in [5.41, 5.74) is 3.04. The fourth-order valence-electron chi connectivity index (χ4n) is 4.96. The van der Waals surface area contributed by atoms with Gasteiger partial charge < -0.3 is 20.5 Å². The largest absolute Gasteiger partial charge is 0.368 e. The number of halogens is 2. The number of carbonyl (C=O) groups is 2. The molecule has 1 aliphatic rings. The fraction of sp³-hybridized carbons (Fsp3) is 0.333. The lowest BCUT2D eigenvalue weighted by Gasteiger charge is -2.34. The lowest BCUT2D eigenvalue weighted by molar-refractivity contribution is -0.118. The number of benzene rings is 2. The van der Waals surface area contributed by atoms with Gasteiger partial charge in [-0.05, 0) is 43.1 Å². The van der Waals surface area contributed by atoms with E-state index in [4.69, 9.17) is 33.2 Å². The number of aromatic nitrogens is 3. The highest BCUT2D eigenvalue weighted by molar-refractivity contribution is 6.35. The first-order valence-electron chi connectivity index (χ1n) is 13.8. The number of rotatable bonds is 10. The van der Waals surface area contributed by atoms with Gasteiger partial charge in [0, 0.05) is 61.8 Å². The number of hydrogen-bond acceptors (Lipinski definition) is 6. The lowest BCUT2D eigenvalue weighted by atomic mass is 10.1. The van der Waals surface area contributed by atoms with E-state index in [9.17, 15) is 9.59 Å². The molecule has 0 radical (unpaired) electrons. The molecular weight excluding hydrogens is 561 g/mol. The molecule has 0 bridgehead atoms. The van der Waals surface area contributed by atoms with Gasteiger partial charge in [-0.25, -0.2) is 9.97 Å². The number of hydrogen-bond donors (Lipinski definition) is 3. The highest BCUT2D eigenvalue weighted by Gasteiger charge is 2.24. The second kappa shape index (κ2) is 13.3. The van der Waals surface area contributed by atoms with Crippen molar-refractivity contribution in [3.63, 3.8) is 0 Å². The first-order valence-corrected chi connectivity index (χ1v) is 14.5. The van der Waals surface area contributed by atoms with Gasteiger partial charge in [0.1, 0.15) is 17.2 Å². The number of amides is 2. The van der Waals surface area contributed by atoms with Crippen LogP contribution in [0.4, 0.5) is 5.82 Å². The van der Waals surface area contributed by atoms with Crippen LogP contribution in [0.5, 0.6) is 0 Å². The Morgan fingerprint density at radius 3 is 2.49 bits per heavy atom. The van der Waals surface area contributed by atoms with Gasteiger partial charge in [0.15, 0.2) is 5.82 Å². The molecule has 41 heavy (non-hydrogen) atoms. The van der Waals surface area contributed by atoms with Crippen LogP contribution in [-0.2, 0) is 11.2 Å². The molecule has 11 heteroatoms. The Morgan fingerprint density at radius 2 is 1.76 bits per heavy atom. The maximum absolute atomic E-state index is 13.5. The molecule has 0 atom stereocenters. The third-order valence-electron chi connectivity index (χ3n) is 7.14. The topological polar surface area (TPSA) is 106 Å². The zero-order valence-electron chi connectivity index (χ0n) is 22.9. The second-order valence-electron chi connectivity index (χ2n) is 10.1. The molecule has 0 aliphatic carbocycles. The molecule has 1 fully saturated rings. The predicted octanol–water partition coefficient (Wildman–Crippen LogP) is 4.87. The number of aromatic amines is 1. The van der Waals surface area contributed by atoms with Gasteiger partial charge >= 0.3 is 0 Å². The molecular formula is C30H33Cl2N7O2. The van der Waals surface area contributed by atoms with Gasteiger partial charge in [0.05, 0.1) is 5.39 Å². The number of fused-ring (bicyclic) bond motifs is 1. The molecule has 2 aromatic heterocycles. The summed E-state index contributed by atoms with van der Waals surface area (Å²) in [5, 5.41) is 8.16. The minimum absolute atomic E-state index is 0.0546. The Balaban J connectivity index is 1.23. The standard InChI is InChI=1S/C30H33Cl2N7O2/c1-20(40)33-11-12-34-28-24-19-26(35-29(24)37-27(36-28)22-6-3-2-4-7-22)30(41)39-16-14-38(15-17-39)13-5-8-21-9-10-23(31)18-25(21)32/h2-4,6-7,9-10,18-19H,5,8,11-17H2,1H3,(H,33,40)(H2,34,35,36,37). The molecule has 9 nitrogen and oxygen atoms in total. The summed E-state index contributed by atoms with van der Waals surface area (Å²) in [5.74, 6) is 1.01. The molecule has 2 amide bonds. The van der Waals surface area contributed by atoms with Crippen molar-refractivity contribution in [1.29, 1.82) is 0 Å². The van der Waals surface area contributed by atoms with Crippen LogP contribution < -0.4 is 10.6 Å². The number of anilines is 1. The van der Waals surface area contributed by atoms with Crippen molar-refractivity contribution >= 4 is 51.9 Å². The number of carbonyl (C=O) groups excluding carboxylic acids is 2. The van der Waals surface area contributed by atoms with Crippen molar-refractivity contribution in [3.8, 4) is 11.4 Å². The van der Waals surface area contributed by atoms with Crippen molar-refractivity contribution in [2.24, 2.45) is 0 Å². The van der Waals surface area contributed by atoms with Crippen molar-refractivity contribution in [1.82, 2.24) is 30.1 Å². The minimum atomic E-state index is -0.0924. The van der Waals surface area contributed by atoms with Crippen LogP contribution in [0.25, 0.3) is 22.4 Å². The third kappa shape index (κ3) is 7.35. The zero-order chi connectivity index (χ0) is 28.8. The van der Waals surface area contributed by atoms with Gasteiger partial charge in [0.25, 0.3) is 5.91 Å². The van der Waals surface area contributed by atoms with Crippen LogP contribution in [0.1, 0.15) is 29.4 Å². The highest BCUT2D eigenvalue weighted by Crippen LogP contribution is 2.27. The van der Waals surface area contributed by atoms with Crippen LogP contribution in [0.3, 0.4) is 0 Å². The quantitative estimate of drug-likeness (QED) is 0.226. The summed E-state index contributed by atoms with van der Waals surface area (Å²) in [4.78, 5) is 41.7. The number of nitrogens with one attached hydrogen (secondary N) is 3. The van der Waals surface area contributed by atoms with E-state index in [1.54, 1.807) is 6.07 Å². The van der Waals surface area contributed by atoms with E-state index in [-0.39, 0.29) is 11.8 Å². The van der Waals surface area contributed by atoms with Gasteiger partial charge in [-0.3, -0.25) is 14.5 Å². The van der Waals surface area contributed by atoms with E-state index in [0.29, 0.717) is 59.2 Å². The number of H-pyrrole nitrogens is 1. The van der Waals surface area contributed by atoms with Gasteiger partial charge in [0.2, 0.25) is 5.91 Å². The van der Waals surface area contributed by atoms with E-state index in [1.807, 2.05) is 53.4 Å². The Kier molecular flexibility index (Phi) is 9.38. The van der Waals surface area contributed by atoms with Crippen LogP contribution in [0.15, 0.2) is 54.6 Å². The first kappa shape index (κ1) is 28.9. The number of piperazine rings is 1. The van der Waals surface area contributed by atoms with E-state index >= 15 is 0 Å². The Hall–Kier alpha value is -3.66. The first-order chi connectivity index (χ1) is 19.9. The monoisotopic (exact) mass is 593 g/mol. The summed E-state index contributed by atoms with van der Waals surface area (Å²) in [6, 6.07) is 17.2.